The van der Waals surface area contributed by atoms with Crippen LogP contribution < -0.4 is 43.0 Å². The summed E-state index contributed by atoms with van der Waals surface area (Å²) in [4.78, 5) is 101. The Morgan fingerprint density at radius 2 is 0.920 bits per heavy atom. The molecule has 18 heteroatoms. The van der Waals surface area contributed by atoms with Gasteiger partial charge in [0.25, 0.3) is 0 Å². The summed E-state index contributed by atoms with van der Waals surface area (Å²) in [5.41, 5.74) is 5.23. The van der Waals surface area contributed by atoms with Gasteiger partial charge >= 0.3 is 5.97 Å². The number of aliphatic carboxylic acids is 1. The Labute approximate surface area is 293 Å². The molecule has 18 nitrogen and oxygen atoms in total. The first-order chi connectivity index (χ1) is 23.1. The summed E-state index contributed by atoms with van der Waals surface area (Å²) in [6.45, 7) is 14.0. The van der Waals surface area contributed by atoms with Crippen molar-refractivity contribution in [2.75, 3.05) is 13.1 Å². The standard InChI is InChI=1S/C32H58N8O10/c1-15(2)10-21(37-25(43)14-34-24(42)13-33)30(47)40-26(20(9)41)31(48)39-23(12-17(5)6)29(46)38-22(11-16(3)4)28(45)35-18(7)27(44)36-19(8)32(49)50/h15-23,26,41H,10-14,33H2,1-9H3,(H,34,42)(H,35,45)(H,36,44)(H,37,43)(H,38,46)(H,39,48)(H,40,47)(H,49,50)/t18-,19-,20+,21-,22-,23-,26-/m0/s1. The van der Waals surface area contributed by atoms with Gasteiger partial charge in [0.1, 0.15) is 36.3 Å². The maximum atomic E-state index is 13.6. The van der Waals surface area contributed by atoms with Gasteiger partial charge in [-0.3, -0.25) is 38.4 Å². The molecule has 0 aromatic carbocycles. The molecule has 0 aliphatic rings. The van der Waals surface area contributed by atoms with Gasteiger partial charge in [-0.2, -0.15) is 0 Å². The quantitative estimate of drug-likeness (QED) is 0.0565. The van der Waals surface area contributed by atoms with E-state index in [0.29, 0.717) is 0 Å². The van der Waals surface area contributed by atoms with Crippen molar-refractivity contribution in [2.45, 2.75) is 124 Å². The highest BCUT2D eigenvalue weighted by Crippen LogP contribution is 2.11. The third-order valence-electron chi connectivity index (χ3n) is 7.21. The van der Waals surface area contributed by atoms with E-state index in [1.807, 2.05) is 13.8 Å². The molecule has 0 aliphatic carbocycles. The second kappa shape index (κ2) is 22.4. The van der Waals surface area contributed by atoms with Gasteiger partial charge in [0.15, 0.2) is 0 Å². The molecule has 0 saturated carbocycles. The molecule has 0 spiro atoms. The van der Waals surface area contributed by atoms with Crippen LogP contribution in [0.25, 0.3) is 0 Å². The molecule has 7 amide bonds. The number of aliphatic hydroxyl groups is 1. The van der Waals surface area contributed by atoms with Crippen LogP contribution in [0.15, 0.2) is 0 Å². The van der Waals surface area contributed by atoms with E-state index in [0.717, 1.165) is 0 Å². The SMILES string of the molecule is CC(C)C[C@H](NC(=O)CNC(=O)CN)C(=O)N[C@H](C(=O)N[C@@H](CC(C)C)C(=O)N[C@@H](CC(C)C)C(=O)N[C@@H](C)C(=O)N[C@@H](C)C(=O)O)[C@@H](C)O. The molecule has 286 valence electrons. The second-order valence-corrected chi connectivity index (χ2v) is 13.6. The van der Waals surface area contributed by atoms with E-state index in [4.69, 9.17) is 10.8 Å². The highest BCUT2D eigenvalue weighted by molar-refractivity contribution is 5.97. The molecule has 0 aromatic rings. The Kier molecular flexibility index (Phi) is 20.5. The number of nitrogens with one attached hydrogen (secondary N) is 7. The molecule has 0 aliphatic heterocycles. The molecule has 0 aromatic heterocycles. The number of hydrogen-bond acceptors (Lipinski definition) is 10. The highest BCUT2D eigenvalue weighted by atomic mass is 16.4. The number of nitrogens with two attached hydrogens (primary N) is 1. The van der Waals surface area contributed by atoms with Crippen LogP contribution in [-0.4, -0.2) is 113 Å². The third-order valence-corrected chi connectivity index (χ3v) is 7.21. The Morgan fingerprint density at radius 3 is 1.34 bits per heavy atom. The second-order valence-electron chi connectivity index (χ2n) is 13.6. The monoisotopic (exact) mass is 714 g/mol. The molecular formula is C32H58N8O10. The topological polar surface area (TPSA) is 287 Å². The molecule has 0 unspecified atom stereocenters. The molecule has 7 atom stereocenters. The van der Waals surface area contributed by atoms with Crippen molar-refractivity contribution in [2.24, 2.45) is 23.5 Å². The summed E-state index contributed by atoms with van der Waals surface area (Å²) >= 11 is 0. The summed E-state index contributed by atoms with van der Waals surface area (Å²) in [5.74, 6) is -6.68. The van der Waals surface area contributed by atoms with Gasteiger partial charge in [0, 0.05) is 0 Å². The number of carbonyl (C=O) groups excluding carboxylic acids is 7. The highest BCUT2D eigenvalue weighted by Gasteiger charge is 2.34. The zero-order valence-electron chi connectivity index (χ0n) is 30.5. The predicted molar refractivity (Wildman–Crippen MR) is 183 cm³/mol. The Bertz CT molecular complexity index is 1190. The van der Waals surface area contributed by atoms with Gasteiger partial charge in [-0.25, -0.2) is 0 Å². The minimum absolute atomic E-state index is 0.0794. The first kappa shape index (κ1) is 45.7. The Hall–Kier alpha value is -4.32. The summed E-state index contributed by atoms with van der Waals surface area (Å²) in [7, 11) is 0. The first-order valence-electron chi connectivity index (χ1n) is 16.8. The predicted octanol–water partition coefficient (Wildman–Crippen LogP) is -2.39. The van der Waals surface area contributed by atoms with Crippen LogP contribution in [0.2, 0.25) is 0 Å². The molecule has 0 rings (SSSR count). The van der Waals surface area contributed by atoms with Crippen LogP contribution in [0, 0.1) is 17.8 Å². The number of rotatable bonds is 22. The van der Waals surface area contributed by atoms with Crippen LogP contribution in [0.3, 0.4) is 0 Å². The number of carboxylic acids is 1. The van der Waals surface area contributed by atoms with Crippen molar-refractivity contribution in [3.05, 3.63) is 0 Å². The van der Waals surface area contributed by atoms with E-state index in [1.54, 1.807) is 27.7 Å². The fourth-order valence-electron chi connectivity index (χ4n) is 4.58. The summed E-state index contributed by atoms with van der Waals surface area (Å²) < 4.78 is 0. The van der Waals surface area contributed by atoms with Crippen LogP contribution in [0.4, 0.5) is 0 Å². The van der Waals surface area contributed by atoms with Crippen LogP contribution in [-0.2, 0) is 38.4 Å². The molecule has 0 fully saturated rings. The molecule has 0 radical (unpaired) electrons. The minimum Gasteiger partial charge on any atom is -0.480 e. The zero-order valence-corrected chi connectivity index (χ0v) is 30.5. The number of hydrogen-bond donors (Lipinski definition) is 10. The Balaban J connectivity index is 5.94. The lowest BCUT2D eigenvalue weighted by Gasteiger charge is -2.29. The largest absolute Gasteiger partial charge is 0.480 e. The van der Waals surface area contributed by atoms with Gasteiger partial charge in [-0.15, -0.1) is 0 Å². The van der Waals surface area contributed by atoms with Crippen molar-refractivity contribution in [3.63, 3.8) is 0 Å². The zero-order chi connectivity index (χ0) is 38.9. The average Bonchev–Trinajstić information content (AvgIpc) is 2.99. The van der Waals surface area contributed by atoms with Crippen molar-refractivity contribution in [1.29, 1.82) is 0 Å². The number of carboxylic acid groups (broad SMARTS) is 1. The molecule has 0 heterocycles. The van der Waals surface area contributed by atoms with Gasteiger partial charge in [-0.05, 0) is 57.8 Å². The van der Waals surface area contributed by atoms with Crippen molar-refractivity contribution < 1.29 is 48.6 Å². The molecule has 0 saturated heterocycles. The van der Waals surface area contributed by atoms with Gasteiger partial charge in [0.2, 0.25) is 41.4 Å². The van der Waals surface area contributed by atoms with E-state index in [9.17, 15) is 43.5 Å². The summed E-state index contributed by atoms with van der Waals surface area (Å²) in [6.07, 6.45) is -1.00. The lowest BCUT2D eigenvalue weighted by atomic mass is 9.99. The van der Waals surface area contributed by atoms with Crippen LogP contribution >= 0.6 is 0 Å². The molecule has 50 heavy (non-hydrogen) atoms. The van der Waals surface area contributed by atoms with E-state index in [1.165, 1.54) is 20.8 Å². The molecule has 11 N–H and O–H groups in total. The Morgan fingerprint density at radius 1 is 0.520 bits per heavy atom. The lowest BCUT2D eigenvalue weighted by molar-refractivity contribution is -0.141. The maximum absolute atomic E-state index is 13.6. The third kappa shape index (κ3) is 17.9. The van der Waals surface area contributed by atoms with Crippen molar-refractivity contribution in [1.82, 2.24) is 37.2 Å². The number of aliphatic hydroxyl groups excluding tert-OH is 1. The van der Waals surface area contributed by atoms with Gasteiger partial charge < -0.3 is 53.2 Å². The lowest BCUT2D eigenvalue weighted by Crippen LogP contribution is -2.61. The molecular weight excluding hydrogens is 656 g/mol. The fraction of sp³-hybridized carbons (Fsp3) is 0.750. The first-order valence-corrected chi connectivity index (χ1v) is 16.8. The summed E-state index contributed by atoms with van der Waals surface area (Å²) in [5, 5.41) is 36.7. The summed E-state index contributed by atoms with van der Waals surface area (Å²) in [6, 6.07) is -7.35. The average molecular weight is 715 g/mol. The number of carbonyl (C=O) groups is 8. The van der Waals surface area contributed by atoms with E-state index >= 15 is 0 Å². The van der Waals surface area contributed by atoms with Crippen LogP contribution in [0.5, 0.6) is 0 Å². The van der Waals surface area contributed by atoms with Crippen molar-refractivity contribution in [3.8, 4) is 0 Å². The van der Waals surface area contributed by atoms with E-state index in [-0.39, 0.29) is 43.6 Å². The van der Waals surface area contributed by atoms with E-state index < -0.39 is 96.2 Å². The van der Waals surface area contributed by atoms with Crippen LogP contribution in [0.1, 0.15) is 81.6 Å². The normalized spacial score (nSPS) is 15.4. The van der Waals surface area contributed by atoms with Crippen molar-refractivity contribution >= 4 is 47.3 Å². The fourth-order valence-corrected chi connectivity index (χ4v) is 4.58. The maximum Gasteiger partial charge on any atom is 0.325 e. The van der Waals surface area contributed by atoms with Gasteiger partial charge in [0.05, 0.1) is 19.2 Å². The number of amides is 7. The smallest absolute Gasteiger partial charge is 0.325 e. The van der Waals surface area contributed by atoms with Gasteiger partial charge in [-0.1, -0.05) is 41.5 Å². The molecule has 0 bridgehead atoms. The minimum atomic E-state index is -1.55. The van der Waals surface area contributed by atoms with E-state index in [2.05, 4.69) is 37.2 Å².